The van der Waals surface area contributed by atoms with Gasteiger partial charge >= 0.3 is 0 Å². The highest BCUT2D eigenvalue weighted by Gasteiger charge is 2.28. The minimum Gasteiger partial charge on any atom is -0.377 e. The minimum absolute atomic E-state index is 0.0827. The molecule has 1 fully saturated rings. The van der Waals surface area contributed by atoms with Crippen molar-refractivity contribution in [2.45, 2.75) is 57.6 Å². The number of rotatable bonds is 6. The second kappa shape index (κ2) is 7.34. The highest BCUT2D eigenvalue weighted by atomic mass is 16.5. The van der Waals surface area contributed by atoms with Crippen LogP contribution in [0.25, 0.3) is 0 Å². The van der Waals surface area contributed by atoms with Gasteiger partial charge in [0.15, 0.2) is 0 Å². The van der Waals surface area contributed by atoms with Crippen molar-refractivity contribution < 1.29 is 4.74 Å². The Morgan fingerprint density at radius 3 is 2.24 bits per heavy atom. The average Bonchev–Trinajstić information content (AvgIpc) is 2.58. The molecule has 0 radical (unpaired) electrons. The van der Waals surface area contributed by atoms with Crippen molar-refractivity contribution in [3.63, 3.8) is 0 Å². The van der Waals surface area contributed by atoms with Crippen molar-refractivity contribution in [3.05, 3.63) is 0 Å². The minimum atomic E-state index is -0.0827. The summed E-state index contributed by atoms with van der Waals surface area (Å²) >= 11 is 0. The van der Waals surface area contributed by atoms with Crippen LogP contribution in [-0.4, -0.2) is 50.3 Å². The molecule has 1 heterocycles. The Bertz CT molecular complexity index is 198. The second-order valence-electron chi connectivity index (χ2n) is 5.69. The molecule has 1 atom stereocenters. The number of ether oxygens (including phenoxy) is 1. The van der Waals surface area contributed by atoms with E-state index in [2.05, 4.69) is 24.1 Å². The van der Waals surface area contributed by atoms with Crippen LogP contribution in [0.4, 0.5) is 0 Å². The summed E-state index contributed by atoms with van der Waals surface area (Å²) in [6.07, 6.45) is 6.73. The molecular formula is C14H30N2O. The van der Waals surface area contributed by atoms with Gasteiger partial charge < -0.3 is 15.0 Å². The third-order valence-electron chi connectivity index (χ3n) is 4.15. The first-order valence-electron chi connectivity index (χ1n) is 7.05. The van der Waals surface area contributed by atoms with Gasteiger partial charge in [-0.25, -0.2) is 0 Å². The maximum atomic E-state index is 5.57. The van der Waals surface area contributed by atoms with Gasteiger partial charge in [0.05, 0.1) is 5.60 Å². The lowest BCUT2D eigenvalue weighted by molar-refractivity contribution is -0.0127. The Morgan fingerprint density at radius 2 is 1.76 bits per heavy atom. The van der Waals surface area contributed by atoms with Gasteiger partial charge in [0.1, 0.15) is 0 Å². The number of likely N-dealkylation sites (N-methyl/N-ethyl adjacent to an activating group) is 1. The maximum absolute atomic E-state index is 5.57. The molecule has 17 heavy (non-hydrogen) atoms. The number of hydrogen-bond acceptors (Lipinski definition) is 3. The molecule has 0 saturated carbocycles. The molecule has 1 aliphatic rings. The average molecular weight is 242 g/mol. The second-order valence-corrected chi connectivity index (χ2v) is 5.69. The third-order valence-corrected chi connectivity index (χ3v) is 4.15. The normalized spacial score (nSPS) is 21.2. The number of nitrogens with zero attached hydrogens (tertiary/aromatic N) is 1. The van der Waals surface area contributed by atoms with Crippen LogP contribution in [0.15, 0.2) is 0 Å². The Kier molecular flexibility index (Phi) is 6.45. The van der Waals surface area contributed by atoms with Crippen molar-refractivity contribution in [2.75, 3.05) is 33.8 Å². The van der Waals surface area contributed by atoms with E-state index < -0.39 is 0 Å². The van der Waals surface area contributed by atoms with Gasteiger partial charge in [-0.15, -0.1) is 0 Å². The topological polar surface area (TPSA) is 24.5 Å². The number of methoxy groups -OCH3 is 1. The Hall–Kier alpha value is -0.120. The van der Waals surface area contributed by atoms with Crippen LogP contribution in [-0.2, 0) is 4.74 Å². The van der Waals surface area contributed by atoms with E-state index in [1.807, 2.05) is 7.05 Å². The van der Waals surface area contributed by atoms with Crippen molar-refractivity contribution >= 4 is 0 Å². The molecule has 0 aromatic carbocycles. The fourth-order valence-electron chi connectivity index (χ4n) is 2.65. The number of nitrogens with one attached hydrogen (secondary N) is 1. The largest absolute Gasteiger partial charge is 0.377 e. The zero-order valence-corrected chi connectivity index (χ0v) is 12.1. The third kappa shape index (κ3) is 4.94. The first kappa shape index (κ1) is 14.9. The van der Waals surface area contributed by atoms with Crippen molar-refractivity contribution in [3.8, 4) is 0 Å². The molecule has 0 bridgehead atoms. The fraction of sp³-hybridized carbons (Fsp3) is 1.00. The van der Waals surface area contributed by atoms with Crippen LogP contribution in [0.3, 0.4) is 0 Å². The summed E-state index contributed by atoms with van der Waals surface area (Å²) in [6.45, 7) is 8.08. The van der Waals surface area contributed by atoms with Gasteiger partial charge in [-0.3, -0.25) is 0 Å². The lowest BCUT2D eigenvalue weighted by Crippen LogP contribution is -2.48. The molecular weight excluding hydrogens is 212 g/mol. The fourth-order valence-corrected chi connectivity index (χ4v) is 2.65. The summed E-state index contributed by atoms with van der Waals surface area (Å²) in [4.78, 5) is 2.61. The highest BCUT2D eigenvalue weighted by molar-refractivity contribution is 4.85. The summed E-state index contributed by atoms with van der Waals surface area (Å²) in [5.74, 6) is 0. The van der Waals surface area contributed by atoms with Crippen molar-refractivity contribution in [1.29, 1.82) is 0 Å². The van der Waals surface area contributed by atoms with E-state index in [1.54, 1.807) is 7.11 Å². The molecule has 0 aromatic rings. The highest BCUT2D eigenvalue weighted by Crippen LogP contribution is 2.18. The smallest absolute Gasteiger partial charge is 0.0775 e. The molecule has 0 amide bonds. The molecule has 1 saturated heterocycles. The van der Waals surface area contributed by atoms with Gasteiger partial charge in [-0.05, 0) is 59.8 Å². The van der Waals surface area contributed by atoms with E-state index in [1.165, 1.54) is 45.3 Å². The van der Waals surface area contributed by atoms with Gasteiger partial charge in [-0.1, -0.05) is 12.8 Å². The SMILES string of the molecule is CNC(CCN1CCCCCC1)C(C)(C)OC. The number of likely N-dealkylation sites (tertiary alicyclic amines) is 1. The predicted octanol–water partition coefficient (Wildman–Crippen LogP) is 2.27. The molecule has 102 valence electrons. The van der Waals surface area contributed by atoms with Crippen LogP contribution < -0.4 is 5.32 Å². The lowest BCUT2D eigenvalue weighted by atomic mass is 9.95. The maximum Gasteiger partial charge on any atom is 0.0775 e. The summed E-state index contributed by atoms with van der Waals surface area (Å²) in [7, 11) is 3.84. The van der Waals surface area contributed by atoms with E-state index in [9.17, 15) is 0 Å². The lowest BCUT2D eigenvalue weighted by Gasteiger charge is -2.34. The predicted molar refractivity (Wildman–Crippen MR) is 73.5 cm³/mol. The molecule has 3 heteroatoms. The molecule has 0 aliphatic carbocycles. The first-order valence-corrected chi connectivity index (χ1v) is 7.05. The van der Waals surface area contributed by atoms with Crippen LogP contribution >= 0.6 is 0 Å². The molecule has 1 rings (SSSR count). The summed E-state index contributed by atoms with van der Waals surface area (Å²) in [6, 6.07) is 0.427. The van der Waals surface area contributed by atoms with E-state index in [-0.39, 0.29) is 5.60 Å². The van der Waals surface area contributed by atoms with Crippen LogP contribution in [0.2, 0.25) is 0 Å². The molecule has 1 unspecified atom stereocenters. The summed E-state index contributed by atoms with van der Waals surface area (Å²) in [5, 5.41) is 3.40. The molecule has 0 aromatic heterocycles. The zero-order valence-electron chi connectivity index (χ0n) is 12.1. The van der Waals surface area contributed by atoms with E-state index in [0.29, 0.717) is 6.04 Å². The standard InChI is InChI=1S/C14H30N2O/c1-14(2,17-4)13(15-3)9-12-16-10-7-5-6-8-11-16/h13,15H,5-12H2,1-4H3. The number of hydrogen-bond donors (Lipinski definition) is 1. The summed E-state index contributed by atoms with van der Waals surface area (Å²) in [5.41, 5.74) is -0.0827. The van der Waals surface area contributed by atoms with Gasteiger partial charge in [0.2, 0.25) is 0 Å². The van der Waals surface area contributed by atoms with E-state index in [4.69, 9.17) is 4.74 Å². The zero-order chi connectivity index (χ0) is 12.7. The quantitative estimate of drug-likeness (QED) is 0.773. The summed E-state index contributed by atoms with van der Waals surface area (Å²) < 4.78 is 5.57. The van der Waals surface area contributed by atoms with Gasteiger partial charge in [0.25, 0.3) is 0 Å². The van der Waals surface area contributed by atoms with E-state index in [0.717, 1.165) is 6.42 Å². The van der Waals surface area contributed by atoms with Crippen LogP contribution in [0.1, 0.15) is 46.0 Å². The Morgan fingerprint density at radius 1 is 1.18 bits per heavy atom. The van der Waals surface area contributed by atoms with Gasteiger partial charge in [-0.2, -0.15) is 0 Å². The Labute approximate surface area is 107 Å². The molecule has 1 N–H and O–H groups in total. The molecule has 3 nitrogen and oxygen atoms in total. The van der Waals surface area contributed by atoms with Crippen molar-refractivity contribution in [1.82, 2.24) is 10.2 Å². The first-order chi connectivity index (χ1) is 8.10. The van der Waals surface area contributed by atoms with Gasteiger partial charge in [0, 0.05) is 13.2 Å². The van der Waals surface area contributed by atoms with Crippen LogP contribution in [0, 0.1) is 0 Å². The van der Waals surface area contributed by atoms with Crippen molar-refractivity contribution in [2.24, 2.45) is 0 Å². The van der Waals surface area contributed by atoms with Crippen LogP contribution in [0.5, 0.6) is 0 Å². The molecule has 0 spiro atoms. The van der Waals surface area contributed by atoms with E-state index >= 15 is 0 Å². The Balaban J connectivity index is 2.36. The molecule has 1 aliphatic heterocycles. The monoisotopic (exact) mass is 242 g/mol.